The van der Waals surface area contributed by atoms with Crippen molar-refractivity contribution in [1.82, 2.24) is 15.0 Å². The normalized spacial score (nSPS) is 11.0. The van der Waals surface area contributed by atoms with Crippen molar-refractivity contribution in [2.75, 3.05) is 13.6 Å². The van der Waals surface area contributed by atoms with Gasteiger partial charge in [0.1, 0.15) is 0 Å². The zero-order chi connectivity index (χ0) is 14.5. The third-order valence-electron chi connectivity index (χ3n) is 2.86. The van der Waals surface area contributed by atoms with Gasteiger partial charge >= 0.3 is 0 Å². The van der Waals surface area contributed by atoms with Gasteiger partial charge in [-0.3, -0.25) is 4.79 Å². The molecule has 0 aliphatic carbocycles. The highest BCUT2D eigenvalue weighted by molar-refractivity contribution is 7.08. The molecule has 0 unspecified atom stereocenters. The van der Waals surface area contributed by atoms with E-state index in [1.807, 2.05) is 23.9 Å². The van der Waals surface area contributed by atoms with Crippen LogP contribution < -0.4 is 0 Å². The Kier molecular flexibility index (Phi) is 4.89. The molecule has 1 amide bonds. The molecule has 0 saturated carbocycles. The van der Waals surface area contributed by atoms with Crippen LogP contribution in [0.2, 0.25) is 0 Å². The van der Waals surface area contributed by atoms with E-state index in [4.69, 9.17) is 4.52 Å². The Morgan fingerprint density at radius 3 is 2.95 bits per heavy atom. The Hall–Kier alpha value is -1.69. The predicted molar refractivity (Wildman–Crippen MR) is 78.4 cm³/mol. The topological polar surface area (TPSA) is 59.2 Å². The average molecular weight is 293 g/mol. The molecule has 2 heterocycles. The number of carbonyl (C=O) groups excluding carboxylic acids is 1. The van der Waals surface area contributed by atoms with Crippen LogP contribution in [-0.2, 0) is 11.2 Å². The monoisotopic (exact) mass is 293 g/mol. The summed E-state index contributed by atoms with van der Waals surface area (Å²) in [7, 11) is 1.83. The van der Waals surface area contributed by atoms with Crippen LogP contribution in [0.15, 0.2) is 21.3 Å². The first-order valence-electron chi connectivity index (χ1n) is 6.65. The molecule has 0 aromatic carbocycles. The molecule has 0 N–H and O–H groups in total. The maximum absolute atomic E-state index is 11.9. The molecule has 20 heavy (non-hydrogen) atoms. The molecule has 0 aliphatic rings. The molecule has 0 bridgehead atoms. The summed E-state index contributed by atoms with van der Waals surface area (Å²) in [5.41, 5.74) is 0.952. The molecule has 0 saturated heterocycles. The molecular formula is C14H19N3O2S. The van der Waals surface area contributed by atoms with Gasteiger partial charge in [-0.25, -0.2) is 0 Å². The molecule has 2 rings (SSSR count). The Morgan fingerprint density at radius 1 is 1.50 bits per heavy atom. The number of hydrogen-bond acceptors (Lipinski definition) is 5. The highest BCUT2D eigenvalue weighted by atomic mass is 32.1. The molecular weight excluding hydrogens is 274 g/mol. The molecule has 0 spiro atoms. The van der Waals surface area contributed by atoms with E-state index in [1.165, 1.54) is 0 Å². The second-order valence-electron chi connectivity index (χ2n) is 5.19. The third kappa shape index (κ3) is 3.90. The van der Waals surface area contributed by atoms with Crippen LogP contribution in [0.4, 0.5) is 0 Å². The molecule has 0 radical (unpaired) electrons. The fourth-order valence-corrected chi connectivity index (χ4v) is 2.55. The zero-order valence-electron chi connectivity index (χ0n) is 12.0. The molecule has 2 aromatic heterocycles. The van der Waals surface area contributed by atoms with Crippen LogP contribution in [0, 0.1) is 5.92 Å². The van der Waals surface area contributed by atoms with Crippen molar-refractivity contribution >= 4 is 17.2 Å². The number of aryl methyl sites for hydroxylation is 1. The lowest BCUT2D eigenvalue weighted by Gasteiger charge is -2.18. The summed E-state index contributed by atoms with van der Waals surface area (Å²) in [6.45, 7) is 4.95. The molecule has 0 fully saturated rings. The van der Waals surface area contributed by atoms with Gasteiger partial charge in [0.2, 0.25) is 17.6 Å². The summed E-state index contributed by atoms with van der Waals surface area (Å²) >= 11 is 1.59. The summed E-state index contributed by atoms with van der Waals surface area (Å²) in [5.74, 6) is 1.67. The summed E-state index contributed by atoms with van der Waals surface area (Å²) in [6, 6.07) is 1.95. The second kappa shape index (κ2) is 6.65. The van der Waals surface area contributed by atoms with E-state index in [9.17, 15) is 4.79 Å². The lowest BCUT2D eigenvalue weighted by molar-refractivity contribution is -0.130. The number of thiophene rings is 1. The SMILES string of the molecule is CC(C)CN(C)C(=O)CCc1nc(-c2ccsc2)no1. The van der Waals surface area contributed by atoms with Crippen molar-refractivity contribution in [3.05, 3.63) is 22.7 Å². The van der Waals surface area contributed by atoms with Crippen LogP contribution >= 0.6 is 11.3 Å². The van der Waals surface area contributed by atoms with E-state index in [-0.39, 0.29) is 5.91 Å². The summed E-state index contributed by atoms with van der Waals surface area (Å²) in [5, 5.41) is 7.86. The summed E-state index contributed by atoms with van der Waals surface area (Å²) in [6.07, 6.45) is 0.882. The van der Waals surface area contributed by atoms with Crippen LogP contribution in [-0.4, -0.2) is 34.5 Å². The number of aromatic nitrogens is 2. The Labute approximate surface area is 122 Å². The van der Waals surface area contributed by atoms with Crippen molar-refractivity contribution < 1.29 is 9.32 Å². The molecule has 108 valence electrons. The lowest BCUT2D eigenvalue weighted by atomic mass is 10.2. The van der Waals surface area contributed by atoms with Crippen molar-refractivity contribution in [3.8, 4) is 11.4 Å². The van der Waals surface area contributed by atoms with Crippen molar-refractivity contribution in [1.29, 1.82) is 0 Å². The predicted octanol–water partition coefficient (Wildman–Crippen LogP) is 2.85. The van der Waals surface area contributed by atoms with Gasteiger partial charge < -0.3 is 9.42 Å². The van der Waals surface area contributed by atoms with E-state index in [1.54, 1.807) is 16.2 Å². The van der Waals surface area contributed by atoms with Gasteiger partial charge in [0.15, 0.2) is 0 Å². The van der Waals surface area contributed by atoms with Crippen LogP contribution in [0.3, 0.4) is 0 Å². The number of amides is 1. The maximum Gasteiger partial charge on any atom is 0.227 e. The Morgan fingerprint density at radius 2 is 2.30 bits per heavy atom. The zero-order valence-corrected chi connectivity index (χ0v) is 12.8. The largest absolute Gasteiger partial charge is 0.345 e. The van der Waals surface area contributed by atoms with Gasteiger partial charge in [0, 0.05) is 37.4 Å². The van der Waals surface area contributed by atoms with E-state index in [2.05, 4.69) is 24.0 Å². The van der Waals surface area contributed by atoms with Crippen LogP contribution in [0.5, 0.6) is 0 Å². The minimum absolute atomic E-state index is 0.106. The van der Waals surface area contributed by atoms with E-state index in [0.29, 0.717) is 30.5 Å². The lowest BCUT2D eigenvalue weighted by Crippen LogP contribution is -2.30. The number of carbonyl (C=O) groups is 1. The van der Waals surface area contributed by atoms with Crippen molar-refractivity contribution in [2.24, 2.45) is 5.92 Å². The number of hydrogen-bond donors (Lipinski definition) is 0. The Bertz CT molecular complexity index is 549. The minimum atomic E-state index is 0.106. The fraction of sp³-hybridized carbons (Fsp3) is 0.500. The maximum atomic E-state index is 11.9. The Balaban J connectivity index is 1.87. The van der Waals surface area contributed by atoms with Crippen molar-refractivity contribution in [2.45, 2.75) is 26.7 Å². The number of rotatable bonds is 6. The first-order chi connectivity index (χ1) is 9.56. The van der Waals surface area contributed by atoms with Crippen molar-refractivity contribution in [3.63, 3.8) is 0 Å². The quantitative estimate of drug-likeness (QED) is 0.821. The highest BCUT2D eigenvalue weighted by Gasteiger charge is 2.14. The van der Waals surface area contributed by atoms with E-state index < -0.39 is 0 Å². The van der Waals surface area contributed by atoms with Gasteiger partial charge in [-0.15, -0.1) is 0 Å². The fourth-order valence-electron chi connectivity index (χ4n) is 1.92. The minimum Gasteiger partial charge on any atom is -0.345 e. The van der Waals surface area contributed by atoms with E-state index in [0.717, 1.165) is 12.1 Å². The van der Waals surface area contributed by atoms with Crippen LogP contribution in [0.1, 0.15) is 26.2 Å². The van der Waals surface area contributed by atoms with Gasteiger partial charge in [-0.05, 0) is 17.4 Å². The van der Waals surface area contributed by atoms with Gasteiger partial charge in [0.25, 0.3) is 0 Å². The third-order valence-corrected chi connectivity index (χ3v) is 3.55. The molecule has 0 aliphatic heterocycles. The van der Waals surface area contributed by atoms with Gasteiger partial charge in [0.05, 0.1) is 0 Å². The first kappa shape index (κ1) is 14.7. The average Bonchev–Trinajstić information content (AvgIpc) is 3.05. The molecule has 6 heteroatoms. The van der Waals surface area contributed by atoms with E-state index >= 15 is 0 Å². The summed E-state index contributed by atoms with van der Waals surface area (Å²) in [4.78, 5) is 18.0. The molecule has 2 aromatic rings. The number of nitrogens with zero attached hydrogens (tertiary/aromatic N) is 3. The second-order valence-corrected chi connectivity index (χ2v) is 5.97. The van der Waals surface area contributed by atoms with Gasteiger partial charge in [-0.2, -0.15) is 16.3 Å². The molecule has 5 nitrogen and oxygen atoms in total. The van der Waals surface area contributed by atoms with Crippen LogP contribution in [0.25, 0.3) is 11.4 Å². The standard InChI is InChI=1S/C14H19N3O2S/c1-10(2)8-17(3)13(18)5-4-12-15-14(16-19-12)11-6-7-20-9-11/h6-7,9-10H,4-5,8H2,1-3H3. The first-order valence-corrected chi connectivity index (χ1v) is 7.59. The smallest absolute Gasteiger partial charge is 0.227 e. The summed E-state index contributed by atoms with van der Waals surface area (Å²) < 4.78 is 5.17. The molecule has 0 atom stereocenters. The highest BCUT2D eigenvalue weighted by Crippen LogP contribution is 2.19. The van der Waals surface area contributed by atoms with Gasteiger partial charge in [-0.1, -0.05) is 19.0 Å².